The summed E-state index contributed by atoms with van der Waals surface area (Å²) in [7, 11) is 1.30. The van der Waals surface area contributed by atoms with Crippen LogP contribution in [0.3, 0.4) is 0 Å². The largest absolute Gasteiger partial charge is 0.468 e. The predicted octanol–water partition coefficient (Wildman–Crippen LogP) is 2.19. The Morgan fingerprint density at radius 3 is 2.90 bits per heavy atom. The topological polar surface area (TPSA) is 81.0 Å². The van der Waals surface area contributed by atoms with E-state index in [-0.39, 0.29) is 18.8 Å². The van der Waals surface area contributed by atoms with Crippen molar-refractivity contribution >= 4 is 30.0 Å². The molecule has 0 aliphatic rings. The van der Waals surface area contributed by atoms with Crippen molar-refractivity contribution in [2.24, 2.45) is 5.73 Å². The highest BCUT2D eigenvalue weighted by molar-refractivity contribution is 6.31. The zero-order valence-electron chi connectivity index (χ0n) is 10.8. The van der Waals surface area contributed by atoms with Gasteiger partial charge in [-0.05, 0) is 18.2 Å². The van der Waals surface area contributed by atoms with Crippen molar-refractivity contribution in [2.45, 2.75) is 12.5 Å². The molecule has 0 aliphatic carbocycles. The summed E-state index contributed by atoms with van der Waals surface area (Å²) in [5, 5.41) is 0.527. The van der Waals surface area contributed by atoms with Crippen LogP contribution < -0.4 is 5.73 Å². The summed E-state index contributed by atoms with van der Waals surface area (Å²) in [6.07, 6.45) is 3.68. The number of rotatable bonds is 4. The SMILES string of the molecule is COC(=O)C(N)Cc1c(Cl)ccnc1-c1ccc[nH]1.Cl. The third kappa shape index (κ3) is 3.50. The molecule has 0 radical (unpaired) electrons. The van der Waals surface area contributed by atoms with Gasteiger partial charge in [-0.3, -0.25) is 9.78 Å². The van der Waals surface area contributed by atoms with Crippen LogP contribution in [0.4, 0.5) is 0 Å². The Bertz CT molecular complexity index is 573. The number of ether oxygens (including phenoxy) is 1. The second-order valence-electron chi connectivity index (χ2n) is 4.04. The van der Waals surface area contributed by atoms with Gasteiger partial charge in [0.1, 0.15) is 6.04 Å². The fourth-order valence-electron chi connectivity index (χ4n) is 1.83. The van der Waals surface area contributed by atoms with Crippen LogP contribution in [0.25, 0.3) is 11.4 Å². The molecule has 0 aliphatic heterocycles. The summed E-state index contributed by atoms with van der Waals surface area (Å²) in [4.78, 5) is 18.8. The van der Waals surface area contributed by atoms with Crippen LogP contribution in [-0.2, 0) is 16.0 Å². The third-order valence-electron chi connectivity index (χ3n) is 2.78. The number of aromatic amines is 1. The summed E-state index contributed by atoms with van der Waals surface area (Å²) >= 11 is 6.18. The van der Waals surface area contributed by atoms with Crippen molar-refractivity contribution in [3.05, 3.63) is 41.2 Å². The lowest BCUT2D eigenvalue weighted by molar-refractivity contribution is -0.142. The van der Waals surface area contributed by atoms with Crippen LogP contribution in [0.2, 0.25) is 5.02 Å². The van der Waals surface area contributed by atoms with Gasteiger partial charge in [0.15, 0.2) is 0 Å². The van der Waals surface area contributed by atoms with Gasteiger partial charge in [-0.1, -0.05) is 11.6 Å². The molecule has 0 amide bonds. The average Bonchev–Trinajstić information content (AvgIpc) is 2.93. The fraction of sp³-hybridized carbons (Fsp3) is 0.231. The smallest absolute Gasteiger partial charge is 0.322 e. The molecule has 2 aromatic rings. The fourth-order valence-corrected chi connectivity index (χ4v) is 2.05. The molecule has 2 aromatic heterocycles. The summed E-state index contributed by atoms with van der Waals surface area (Å²) in [5.74, 6) is -0.475. The first-order valence-corrected chi connectivity index (χ1v) is 6.12. The monoisotopic (exact) mass is 315 g/mol. The molecule has 3 N–H and O–H groups in total. The second kappa shape index (κ2) is 7.28. The maximum Gasteiger partial charge on any atom is 0.322 e. The molecule has 5 nitrogen and oxygen atoms in total. The Hall–Kier alpha value is -1.56. The minimum Gasteiger partial charge on any atom is -0.468 e. The minimum atomic E-state index is -0.764. The summed E-state index contributed by atoms with van der Waals surface area (Å²) in [6, 6.07) is 4.65. The maximum atomic E-state index is 11.4. The summed E-state index contributed by atoms with van der Waals surface area (Å²) < 4.78 is 4.62. The van der Waals surface area contributed by atoms with Crippen molar-refractivity contribution in [1.82, 2.24) is 9.97 Å². The number of aromatic nitrogens is 2. The Morgan fingerprint density at radius 1 is 1.55 bits per heavy atom. The zero-order chi connectivity index (χ0) is 13.8. The molecule has 7 heteroatoms. The number of halogens is 2. The molecule has 108 valence electrons. The number of hydrogen-bond donors (Lipinski definition) is 2. The number of H-pyrrole nitrogens is 1. The van der Waals surface area contributed by atoms with Gasteiger partial charge in [-0.25, -0.2) is 0 Å². The minimum absolute atomic E-state index is 0. The first-order valence-electron chi connectivity index (χ1n) is 5.74. The molecule has 20 heavy (non-hydrogen) atoms. The molecular formula is C13H15Cl2N3O2. The molecule has 0 saturated carbocycles. The number of esters is 1. The molecular weight excluding hydrogens is 301 g/mol. The maximum absolute atomic E-state index is 11.4. The lowest BCUT2D eigenvalue weighted by Crippen LogP contribution is -2.34. The highest BCUT2D eigenvalue weighted by atomic mass is 35.5. The molecule has 0 fully saturated rings. The third-order valence-corrected chi connectivity index (χ3v) is 3.13. The number of carbonyl (C=O) groups is 1. The van der Waals surface area contributed by atoms with E-state index >= 15 is 0 Å². The van der Waals surface area contributed by atoms with Crippen molar-refractivity contribution in [1.29, 1.82) is 0 Å². The van der Waals surface area contributed by atoms with Crippen LogP contribution in [0, 0.1) is 0 Å². The number of methoxy groups -OCH3 is 1. The molecule has 0 saturated heterocycles. The quantitative estimate of drug-likeness (QED) is 0.847. The van der Waals surface area contributed by atoms with Crippen molar-refractivity contribution in [3.63, 3.8) is 0 Å². The van der Waals surface area contributed by atoms with Gasteiger partial charge < -0.3 is 15.5 Å². The highest BCUT2D eigenvalue weighted by Crippen LogP contribution is 2.27. The van der Waals surface area contributed by atoms with Gasteiger partial charge in [0.25, 0.3) is 0 Å². The van der Waals surface area contributed by atoms with E-state index in [4.69, 9.17) is 17.3 Å². The molecule has 2 heterocycles. The van der Waals surface area contributed by atoms with Crippen molar-refractivity contribution in [3.8, 4) is 11.4 Å². The van der Waals surface area contributed by atoms with Crippen LogP contribution >= 0.6 is 24.0 Å². The van der Waals surface area contributed by atoms with E-state index in [2.05, 4.69) is 14.7 Å². The van der Waals surface area contributed by atoms with E-state index in [9.17, 15) is 4.79 Å². The van der Waals surface area contributed by atoms with Crippen LogP contribution in [-0.4, -0.2) is 29.1 Å². The predicted molar refractivity (Wildman–Crippen MR) is 80.0 cm³/mol. The molecule has 0 aromatic carbocycles. The van der Waals surface area contributed by atoms with E-state index in [1.54, 1.807) is 18.5 Å². The van der Waals surface area contributed by atoms with E-state index in [1.165, 1.54) is 7.11 Å². The first kappa shape index (κ1) is 16.5. The zero-order valence-corrected chi connectivity index (χ0v) is 12.4. The van der Waals surface area contributed by atoms with E-state index < -0.39 is 12.0 Å². The molecule has 1 unspecified atom stereocenters. The van der Waals surface area contributed by atoms with Crippen molar-refractivity contribution < 1.29 is 9.53 Å². The number of nitrogens with one attached hydrogen (secondary N) is 1. The Kier molecular flexibility index (Phi) is 6.01. The summed E-state index contributed by atoms with van der Waals surface area (Å²) in [5.41, 5.74) is 8.03. The Morgan fingerprint density at radius 2 is 2.30 bits per heavy atom. The number of hydrogen-bond acceptors (Lipinski definition) is 4. The highest BCUT2D eigenvalue weighted by Gasteiger charge is 2.19. The number of nitrogens with two attached hydrogens (primary N) is 1. The standard InChI is InChI=1S/C13H14ClN3O2.ClH/c1-19-13(18)10(15)7-8-9(14)4-6-17-12(8)11-3-2-5-16-11;/h2-6,10,16H,7,15H2,1H3;1H. The van der Waals surface area contributed by atoms with Gasteiger partial charge in [0.05, 0.1) is 18.5 Å². The van der Waals surface area contributed by atoms with E-state index in [0.717, 1.165) is 11.3 Å². The normalized spacial score (nSPS) is 11.6. The van der Waals surface area contributed by atoms with Gasteiger partial charge in [-0.15, -0.1) is 12.4 Å². The summed E-state index contributed by atoms with van der Waals surface area (Å²) in [6.45, 7) is 0. The molecule has 0 bridgehead atoms. The van der Waals surface area contributed by atoms with E-state index in [0.29, 0.717) is 10.7 Å². The van der Waals surface area contributed by atoms with Crippen LogP contribution in [0.5, 0.6) is 0 Å². The number of nitrogens with zero attached hydrogens (tertiary/aromatic N) is 1. The van der Waals surface area contributed by atoms with Gasteiger partial charge >= 0.3 is 5.97 Å². The number of pyridine rings is 1. The van der Waals surface area contributed by atoms with E-state index in [1.807, 2.05) is 12.1 Å². The molecule has 2 rings (SSSR count). The number of carbonyl (C=O) groups excluding carboxylic acids is 1. The average molecular weight is 316 g/mol. The van der Waals surface area contributed by atoms with Crippen LogP contribution in [0.1, 0.15) is 5.56 Å². The lowest BCUT2D eigenvalue weighted by Gasteiger charge is -2.13. The molecule has 1 atom stereocenters. The van der Waals surface area contributed by atoms with Crippen LogP contribution in [0.15, 0.2) is 30.6 Å². The first-order chi connectivity index (χ1) is 9.13. The van der Waals surface area contributed by atoms with Gasteiger partial charge in [-0.2, -0.15) is 0 Å². The van der Waals surface area contributed by atoms with Gasteiger partial charge in [0, 0.05) is 29.4 Å². The van der Waals surface area contributed by atoms with Gasteiger partial charge in [0.2, 0.25) is 0 Å². The molecule has 0 spiro atoms. The van der Waals surface area contributed by atoms with Crippen molar-refractivity contribution in [2.75, 3.05) is 7.11 Å². The second-order valence-corrected chi connectivity index (χ2v) is 4.44. The Balaban J connectivity index is 0.00000200. The lowest BCUT2D eigenvalue weighted by atomic mass is 10.0. The Labute approximate surface area is 127 Å².